The third-order valence-corrected chi connectivity index (χ3v) is 3.96. The van der Waals surface area contributed by atoms with Gasteiger partial charge in [0, 0.05) is 19.8 Å². The van der Waals surface area contributed by atoms with Gasteiger partial charge < -0.3 is 10.1 Å². The molecule has 0 aromatic carbocycles. The smallest absolute Gasteiger partial charge is 0.341 e. The summed E-state index contributed by atoms with van der Waals surface area (Å²) >= 11 is 0. The van der Waals surface area contributed by atoms with Crippen molar-refractivity contribution >= 4 is 22.7 Å². The van der Waals surface area contributed by atoms with Crippen LogP contribution in [0.5, 0.6) is 0 Å². The highest BCUT2D eigenvalue weighted by atomic mass is 16.5. The van der Waals surface area contributed by atoms with Gasteiger partial charge in [0.15, 0.2) is 5.65 Å². The lowest BCUT2D eigenvalue weighted by Crippen LogP contribution is -2.09. The fraction of sp³-hybridized carbons (Fsp3) is 0.588. The molecule has 6 heteroatoms. The second kappa shape index (κ2) is 8.50. The minimum absolute atomic E-state index is 0.342. The van der Waals surface area contributed by atoms with E-state index < -0.39 is 0 Å². The van der Waals surface area contributed by atoms with Gasteiger partial charge in [-0.1, -0.05) is 32.1 Å². The normalized spacial score (nSPS) is 13.5. The molecule has 0 bridgehead atoms. The fourth-order valence-corrected chi connectivity index (χ4v) is 2.78. The van der Waals surface area contributed by atoms with E-state index in [9.17, 15) is 4.79 Å². The van der Waals surface area contributed by atoms with Crippen LogP contribution in [0.3, 0.4) is 0 Å². The first-order valence-corrected chi connectivity index (χ1v) is 8.42. The number of hydrogen-bond donors (Lipinski definition) is 1. The maximum Gasteiger partial charge on any atom is 0.341 e. The topological polar surface area (TPSA) is 69.0 Å². The second-order valence-electron chi connectivity index (χ2n) is 5.48. The Morgan fingerprint density at radius 3 is 2.39 bits per heavy atom. The van der Waals surface area contributed by atoms with Crippen LogP contribution in [-0.2, 0) is 11.3 Å². The SMILES string of the molecule is C1CCCC1.CCOC(=O)c1cnc2c(cnn2CC)c1NC. The molecule has 2 aromatic heterocycles. The van der Waals surface area contributed by atoms with E-state index in [4.69, 9.17) is 4.74 Å². The highest BCUT2D eigenvalue weighted by molar-refractivity contribution is 6.04. The highest BCUT2D eigenvalue weighted by Crippen LogP contribution is 2.25. The summed E-state index contributed by atoms with van der Waals surface area (Å²) in [5.74, 6) is -0.375. The number of esters is 1. The van der Waals surface area contributed by atoms with E-state index in [1.54, 1.807) is 24.9 Å². The summed E-state index contributed by atoms with van der Waals surface area (Å²) in [6.07, 6.45) is 10.7. The second-order valence-corrected chi connectivity index (χ2v) is 5.48. The van der Waals surface area contributed by atoms with Gasteiger partial charge in [-0.15, -0.1) is 0 Å². The predicted molar refractivity (Wildman–Crippen MR) is 91.8 cm³/mol. The minimum atomic E-state index is -0.375. The molecule has 0 aliphatic heterocycles. The Labute approximate surface area is 137 Å². The maximum absolute atomic E-state index is 11.8. The summed E-state index contributed by atoms with van der Waals surface area (Å²) in [5.41, 5.74) is 1.90. The summed E-state index contributed by atoms with van der Waals surface area (Å²) in [6.45, 7) is 4.84. The number of aryl methyl sites for hydroxylation is 1. The molecular weight excluding hydrogens is 292 g/mol. The third-order valence-electron chi connectivity index (χ3n) is 3.96. The number of carbonyl (C=O) groups is 1. The van der Waals surface area contributed by atoms with Crippen LogP contribution in [0.2, 0.25) is 0 Å². The summed E-state index contributed by atoms with van der Waals surface area (Å²) < 4.78 is 6.79. The van der Waals surface area contributed by atoms with Crippen molar-refractivity contribution < 1.29 is 9.53 Å². The molecule has 6 nitrogen and oxygen atoms in total. The number of carbonyl (C=O) groups excluding carboxylic acids is 1. The first-order chi connectivity index (χ1) is 11.2. The zero-order chi connectivity index (χ0) is 16.7. The molecule has 1 saturated carbocycles. The number of fused-ring (bicyclic) bond motifs is 1. The Morgan fingerprint density at radius 2 is 1.87 bits per heavy atom. The van der Waals surface area contributed by atoms with Gasteiger partial charge in [-0.25, -0.2) is 14.5 Å². The number of aromatic nitrogens is 3. The molecule has 0 spiro atoms. The Bertz CT molecular complexity index is 640. The summed E-state index contributed by atoms with van der Waals surface area (Å²) in [4.78, 5) is 16.1. The zero-order valence-corrected chi connectivity index (χ0v) is 14.3. The van der Waals surface area contributed by atoms with E-state index in [1.807, 2.05) is 6.92 Å². The van der Waals surface area contributed by atoms with Crippen molar-refractivity contribution in [2.75, 3.05) is 19.0 Å². The van der Waals surface area contributed by atoms with Crippen LogP contribution in [-0.4, -0.2) is 34.4 Å². The number of hydrogen-bond acceptors (Lipinski definition) is 5. The first-order valence-electron chi connectivity index (χ1n) is 8.42. The van der Waals surface area contributed by atoms with Crippen molar-refractivity contribution in [3.63, 3.8) is 0 Å². The lowest BCUT2D eigenvalue weighted by atomic mass is 10.2. The molecule has 0 radical (unpaired) electrons. The Kier molecular flexibility index (Phi) is 6.38. The number of nitrogens with zero attached hydrogens (tertiary/aromatic N) is 3. The highest BCUT2D eigenvalue weighted by Gasteiger charge is 2.17. The first kappa shape index (κ1) is 17.2. The lowest BCUT2D eigenvalue weighted by Gasteiger charge is -2.09. The van der Waals surface area contributed by atoms with E-state index in [-0.39, 0.29) is 5.97 Å². The van der Waals surface area contributed by atoms with Gasteiger partial charge in [0.05, 0.1) is 23.9 Å². The molecule has 1 N–H and O–H groups in total. The van der Waals surface area contributed by atoms with Gasteiger partial charge >= 0.3 is 5.97 Å². The number of nitrogens with one attached hydrogen (secondary N) is 1. The summed E-state index contributed by atoms with van der Waals surface area (Å²) in [5, 5.41) is 8.08. The average molecular weight is 318 g/mol. The molecule has 1 aliphatic carbocycles. The van der Waals surface area contributed by atoms with E-state index >= 15 is 0 Å². The third kappa shape index (κ3) is 4.00. The standard InChI is InChI=1S/C12H16N4O2.C5H10/c1-4-16-11-8(7-15-16)10(13-3)9(6-14-11)12(17)18-5-2;1-2-4-5-3-1/h6-7H,4-5H2,1-3H3,(H,13,14);1-5H2. The molecule has 0 saturated heterocycles. The Hall–Kier alpha value is -2.11. The van der Waals surface area contributed by atoms with Crippen molar-refractivity contribution in [1.29, 1.82) is 0 Å². The summed E-state index contributed by atoms with van der Waals surface area (Å²) in [6, 6.07) is 0. The van der Waals surface area contributed by atoms with Gasteiger partial charge in [0.2, 0.25) is 0 Å². The molecule has 2 heterocycles. The van der Waals surface area contributed by atoms with E-state index in [0.29, 0.717) is 17.9 Å². The Balaban J connectivity index is 0.000000326. The lowest BCUT2D eigenvalue weighted by molar-refractivity contribution is 0.0527. The van der Waals surface area contributed by atoms with Crippen molar-refractivity contribution in [2.45, 2.75) is 52.5 Å². The molecule has 1 fully saturated rings. The van der Waals surface area contributed by atoms with Crippen LogP contribution in [0, 0.1) is 0 Å². The van der Waals surface area contributed by atoms with E-state index in [2.05, 4.69) is 15.4 Å². The molecule has 0 amide bonds. The van der Waals surface area contributed by atoms with Crippen molar-refractivity contribution in [2.24, 2.45) is 0 Å². The summed E-state index contributed by atoms with van der Waals surface area (Å²) in [7, 11) is 1.76. The molecule has 0 atom stereocenters. The number of rotatable bonds is 4. The van der Waals surface area contributed by atoms with Crippen LogP contribution in [0.4, 0.5) is 5.69 Å². The van der Waals surface area contributed by atoms with Crippen LogP contribution in [0.15, 0.2) is 12.4 Å². The van der Waals surface area contributed by atoms with Crippen molar-refractivity contribution in [3.8, 4) is 0 Å². The molecular formula is C17H26N4O2. The molecule has 3 rings (SSSR count). The van der Waals surface area contributed by atoms with Gasteiger partial charge in [0.1, 0.15) is 5.56 Å². The number of anilines is 1. The average Bonchev–Trinajstić information content (AvgIpc) is 3.26. The van der Waals surface area contributed by atoms with E-state index in [1.165, 1.54) is 38.3 Å². The maximum atomic E-state index is 11.8. The monoisotopic (exact) mass is 318 g/mol. The van der Waals surface area contributed by atoms with Gasteiger partial charge in [-0.2, -0.15) is 5.10 Å². The van der Waals surface area contributed by atoms with Crippen LogP contribution >= 0.6 is 0 Å². The molecule has 126 valence electrons. The molecule has 0 unspecified atom stereocenters. The fourth-order valence-electron chi connectivity index (χ4n) is 2.78. The predicted octanol–water partition coefficient (Wildman–Crippen LogP) is 3.62. The number of pyridine rings is 1. The largest absolute Gasteiger partial charge is 0.462 e. The quantitative estimate of drug-likeness (QED) is 0.872. The molecule has 1 aliphatic rings. The van der Waals surface area contributed by atoms with Crippen molar-refractivity contribution in [3.05, 3.63) is 18.0 Å². The minimum Gasteiger partial charge on any atom is -0.462 e. The van der Waals surface area contributed by atoms with Crippen LogP contribution in [0.25, 0.3) is 11.0 Å². The van der Waals surface area contributed by atoms with Gasteiger partial charge in [-0.3, -0.25) is 0 Å². The molecule has 2 aromatic rings. The Morgan fingerprint density at radius 1 is 1.22 bits per heavy atom. The van der Waals surface area contributed by atoms with Crippen LogP contribution < -0.4 is 5.32 Å². The zero-order valence-electron chi connectivity index (χ0n) is 14.3. The molecule has 23 heavy (non-hydrogen) atoms. The van der Waals surface area contributed by atoms with Gasteiger partial charge in [0.25, 0.3) is 0 Å². The van der Waals surface area contributed by atoms with Gasteiger partial charge in [-0.05, 0) is 13.8 Å². The number of ether oxygens (including phenoxy) is 1. The van der Waals surface area contributed by atoms with Crippen LogP contribution in [0.1, 0.15) is 56.3 Å². The van der Waals surface area contributed by atoms with Crippen molar-refractivity contribution in [1.82, 2.24) is 14.8 Å². The van der Waals surface area contributed by atoms with E-state index in [0.717, 1.165) is 17.6 Å².